The molecule has 3 aromatic rings. The predicted molar refractivity (Wildman–Crippen MR) is 114 cm³/mol. The van der Waals surface area contributed by atoms with Crippen molar-refractivity contribution >= 4 is 17.5 Å². The lowest BCUT2D eigenvalue weighted by atomic mass is 10.1. The fourth-order valence-corrected chi connectivity index (χ4v) is 3.93. The molecule has 0 unspecified atom stereocenters. The van der Waals surface area contributed by atoms with Crippen molar-refractivity contribution in [3.8, 4) is 22.9 Å². The lowest BCUT2D eigenvalue weighted by Gasteiger charge is -2.20. The minimum atomic E-state index is -0.940. The first-order valence-corrected chi connectivity index (χ1v) is 10.2. The standard InChI is InChI=1S/C22H20N6O5/c1-12-5-4-6-13(9-12)20-23-17(33-25-20)11-27-19-18(24-26-27)21(29)28(22(19)30)14-7-8-15(31-2)16(10-14)32-3/h4-10,18-19H,11H2,1-3H3/t18-,19+/m0/s1. The van der Waals surface area contributed by atoms with Gasteiger partial charge in [-0.3, -0.25) is 14.6 Å². The highest BCUT2D eigenvalue weighted by Gasteiger charge is 2.55. The van der Waals surface area contributed by atoms with Gasteiger partial charge in [0.05, 0.1) is 19.9 Å². The van der Waals surface area contributed by atoms with Crippen LogP contribution in [0.3, 0.4) is 0 Å². The lowest BCUT2D eigenvalue weighted by Crippen LogP contribution is -2.39. The molecule has 3 heterocycles. The Bertz CT molecular complexity index is 1270. The number of amides is 2. The molecular formula is C22H20N6O5. The van der Waals surface area contributed by atoms with Crippen LogP contribution in [0.2, 0.25) is 0 Å². The second kappa shape index (κ2) is 8.01. The molecular weight excluding hydrogens is 428 g/mol. The number of imide groups is 1. The number of anilines is 1. The van der Waals surface area contributed by atoms with Crippen LogP contribution in [-0.2, 0) is 16.1 Å². The second-order valence-corrected chi connectivity index (χ2v) is 7.62. The van der Waals surface area contributed by atoms with Gasteiger partial charge in [0.1, 0.15) is 6.54 Å². The minimum absolute atomic E-state index is 0.0439. The maximum atomic E-state index is 13.2. The third-order valence-electron chi connectivity index (χ3n) is 5.52. The summed E-state index contributed by atoms with van der Waals surface area (Å²) in [6.07, 6.45) is 0. The molecule has 0 N–H and O–H groups in total. The molecule has 33 heavy (non-hydrogen) atoms. The van der Waals surface area contributed by atoms with Gasteiger partial charge < -0.3 is 14.0 Å². The van der Waals surface area contributed by atoms with Gasteiger partial charge in [-0.1, -0.05) is 34.1 Å². The summed E-state index contributed by atoms with van der Waals surface area (Å²) in [4.78, 5) is 31.7. The summed E-state index contributed by atoms with van der Waals surface area (Å²) in [6.45, 7) is 2.02. The van der Waals surface area contributed by atoms with Crippen molar-refractivity contribution in [1.29, 1.82) is 0 Å². The fourth-order valence-electron chi connectivity index (χ4n) is 3.93. The van der Waals surface area contributed by atoms with Gasteiger partial charge in [0.15, 0.2) is 23.6 Å². The van der Waals surface area contributed by atoms with Gasteiger partial charge in [-0.25, -0.2) is 4.90 Å². The van der Waals surface area contributed by atoms with Gasteiger partial charge in [-0.2, -0.15) is 10.1 Å². The maximum Gasteiger partial charge on any atom is 0.263 e. The number of aromatic nitrogens is 2. The molecule has 2 aliphatic heterocycles. The Hall–Kier alpha value is -4.28. The molecule has 1 saturated heterocycles. The number of fused-ring (bicyclic) bond motifs is 1. The first-order valence-electron chi connectivity index (χ1n) is 10.2. The molecule has 0 radical (unpaired) electrons. The van der Waals surface area contributed by atoms with Crippen LogP contribution in [0.5, 0.6) is 11.5 Å². The fraction of sp³-hybridized carbons (Fsp3) is 0.273. The lowest BCUT2D eigenvalue weighted by molar-refractivity contribution is -0.123. The quantitative estimate of drug-likeness (QED) is 0.527. The molecule has 0 bridgehead atoms. The van der Waals surface area contributed by atoms with Crippen molar-refractivity contribution in [3.63, 3.8) is 0 Å². The summed E-state index contributed by atoms with van der Waals surface area (Å²) in [5.41, 5.74) is 2.25. The molecule has 1 aromatic heterocycles. The van der Waals surface area contributed by atoms with Crippen molar-refractivity contribution in [2.75, 3.05) is 19.1 Å². The summed E-state index contributed by atoms with van der Waals surface area (Å²) in [7, 11) is 2.99. The van der Waals surface area contributed by atoms with E-state index >= 15 is 0 Å². The molecule has 5 rings (SSSR count). The molecule has 0 saturated carbocycles. The van der Waals surface area contributed by atoms with Crippen LogP contribution in [0.15, 0.2) is 57.3 Å². The number of aryl methyl sites for hydroxylation is 1. The highest BCUT2D eigenvalue weighted by atomic mass is 16.5. The van der Waals surface area contributed by atoms with Crippen LogP contribution in [-0.4, -0.2) is 53.3 Å². The average molecular weight is 448 g/mol. The van der Waals surface area contributed by atoms with Gasteiger partial charge in [0.2, 0.25) is 11.7 Å². The van der Waals surface area contributed by atoms with Crippen LogP contribution in [0.1, 0.15) is 11.5 Å². The zero-order valence-corrected chi connectivity index (χ0v) is 18.1. The Balaban J connectivity index is 1.37. The normalized spacial score (nSPS) is 19.4. The molecule has 11 nitrogen and oxygen atoms in total. The van der Waals surface area contributed by atoms with E-state index in [4.69, 9.17) is 14.0 Å². The van der Waals surface area contributed by atoms with Crippen molar-refractivity contribution < 1.29 is 23.6 Å². The Labute approximate surface area is 188 Å². The van der Waals surface area contributed by atoms with Crippen LogP contribution in [0.25, 0.3) is 11.4 Å². The van der Waals surface area contributed by atoms with Crippen LogP contribution < -0.4 is 14.4 Å². The van der Waals surface area contributed by atoms with Gasteiger partial charge in [-0.15, -0.1) is 0 Å². The second-order valence-electron chi connectivity index (χ2n) is 7.62. The number of benzene rings is 2. The third kappa shape index (κ3) is 3.47. The summed E-state index contributed by atoms with van der Waals surface area (Å²) in [5.74, 6) is 0.677. The zero-order valence-electron chi connectivity index (χ0n) is 18.1. The van der Waals surface area contributed by atoms with Crippen molar-refractivity contribution in [3.05, 3.63) is 53.9 Å². The topological polar surface area (TPSA) is 123 Å². The van der Waals surface area contributed by atoms with E-state index in [1.54, 1.807) is 18.2 Å². The van der Waals surface area contributed by atoms with E-state index in [1.807, 2.05) is 31.2 Å². The largest absolute Gasteiger partial charge is 0.493 e. The molecule has 0 aliphatic carbocycles. The van der Waals surface area contributed by atoms with Crippen LogP contribution >= 0.6 is 0 Å². The Kier molecular flexibility index (Phi) is 5.00. The van der Waals surface area contributed by atoms with Crippen molar-refractivity contribution in [2.45, 2.75) is 25.6 Å². The first-order chi connectivity index (χ1) is 16.0. The number of nitrogens with zero attached hydrogens (tertiary/aromatic N) is 6. The first kappa shape index (κ1) is 20.6. The SMILES string of the molecule is COc1ccc(N2C(=O)[C@H]3N=NN(Cc4nc(-c5cccc(C)c5)no4)[C@H]3C2=O)cc1OC. The Morgan fingerprint density at radius 1 is 1.03 bits per heavy atom. The highest BCUT2D eigenvalue weighted by Crippen LogP contribution is 2.37. The molecule has 2 amide bonds. The summed E-state index contributed by atoms with van der Waals surface area (Å²) < 4.78 is 15.9. The van der Waals surface area contributed by atoms with Gasteiger partial charge in [0, 0.05) is 11.6 Å². The molecule has 11 heteroatoms. The van der Waals surface area contributed by atoms with Crippen LogP contribution in [0.4, 0.5) is 5.69 Å². The van der Waals surface area contributed by atoms with Gasteiger partial charge in [0.25, 0.3) is 11.8 Å². The van der Waals surface area contributed by atoms with E-state index in [1.165, 1.54) is 19.2 Å². The number of hydrogen-bond acceptors (Lipinski definition) is 10. The summed E-state index contributed by atoms with van der Waals surface area (Å²) in [6, 6.07) is 10.7. The maximum absolute atomic E-state index is 13.2. The van der Waals surface area contributed by atoms with Crippen LogP contribution in [0, 0.1) is 6.92 Å². The van der Waals surface area contributed by atoms with Gasteiger partial charge >= 0.3 is 0 Å². The number of methoxy groups -OCH3 is 2. The number of carbonyl (C=O) groups excluding carboxylic acids is 2. The zero-order chi connectivity index (χ0) is 23.1. The van der Waals surface area contributed by atoms with E-state index in [-0.39, 0.29) is 12.4 Å². The summed E-state index contributed by atoms with van der Waals surface area (Å²) in [5, 5.41) is 13.5. The molecule has 0 spiro atoms. The van der Waals surface area contributed by atoms with Gasteiger partial charge in [-0.05, 0) is 25.1 Å². The predicted octanol–water partition coefficient (Wildman–Crippen LogP) is 2.56. The molecule has 168 valence electrons. The molecule has 2 atom stereocenters. The Morgan fingerprint density at radius 3 is 2.61 bits per heavy atom. The average Bonchev–Trinajstić information content (AvgIpc) is 3.51. The minimum Gasteiger partial charge on any atom is -0.493 e. The van der Waals surface area contributed by atoms with Crippen molar-refractivity contribution in [1.82, 2.24) is 15.1 Å². The van der Waals surface area contributed by atoms with E-state index in [2.05, 4.69) is 20.5 Å². The van der Waals surface area contributed by atoms with Crippen molar-refractivity contribution in [2.24, 2.45) is 10.3 Å². The molecule has 2 aliphatic rings. The third-order valence-corrected chi connectivity index (χ3v) is 5.52. The Morgan fingerprint density at radius 2 is 1.85 bits per heavy atom. The number of carbonyl (C=O) groups is 2. The number of rotatable bonds is 6. The molecule has 2 aromatic carbocycles. The van der Waals surface area contributed by atoms with E-state index in [0.29, 0.717) is 23.0 Å². The number of ether oxygens (including phenoxy) is 2. The summed E-state index contributed by atoms with van der Waals surface area (Å²) >= 11 is 0. The number of hydrogen-bond donors (Lipinski definition) is 0. The highest BCUT2D eigenvalue weighted by molar-refractivity contribution is 6.25. The monoisotopic (exact) mass is 448 g/mol. The van der Waals surface area contributed by atoms with E-state index in [9.17, 15) is 9.59 Å². The molecule has 1 fully saturated rings. The smallest absolute Gasteiger partial charge is 0.263 e. The van der Waals surface area contributed by atoms with E-state index in [0.717, 1.165) is 16.0 Å². The van der Waals surface area contributed by atoms with E-state index < -0.39 is 23.9 Å².